The van der Waals surface area contributed by atoms with Crippen molar-refractivity contribution in [2.75, 3.05) is 32.0 Å². The zero-order valence-electron chi connectivity index (χ0n) is 12.2. The van der Waals surface area contributed by atoms with Gasteiger partial charge in [0.05, 0.1) is 6.54 Å². The summed E-state index contributed by atoms with van der Waals surface area (Å²) in [5.74, 6) is -2.08. The van der Waals surface area contributed by atoms with Crippen molar-refractivity contribution in [2.24, 2.45) is 0 Å². The molecule has 2 N–H and O–H groups in total. The molecule has 0 bridgehead atoms. The lowest BCUT2D eigenvalue weighted by atomic mass is 10.0. The Morgan fingerprint density at radius 2 is 2.14 bits per heavy atom. The maximum absolute atomic E-state index is 13.1. The molecule has 1 saturated heterocycles. The third-order valence-electron chi connectivity index (χ3n) is 3.74. The summed E-state index contributed by atoms with van der Waals surface area (Å²) >= 11 is 0. The zero-order valence-corrected chi connectivity index (χ0v) is 12.2. The van der Waals surface area contributed by atoms with E-state index in [1.165, 1.54) is 12.5 Å². The fraction of sp³-hybridized carbons (Fsp3) is 0.533. The van der Waals surface area contributed by atoms with Crippen molar-refractivity contribution in [3.8, 4) is 0 Å². The lowest BCUT2D eigenvalue weighted by Gasteiger charge is -2.35. The molecule has 1 amide bonds. The Morgan fingerprint density at radius 1 is 1.33 bits per heavy atom. The first kappa shape index (κ1) is 15.9. The highest BCUT2D eigenvalue weighted by molar-refractivity contribution is 5.92. The van der Waals surface area contributed by atoms with E-state index in [0.717, 1.165) is 38.1 Å². The number of halogens is 2. The van der Waals surface area contributed by atoms with Crippen molar-refractivity contribution >= 4 is 11.6 Å². The van der Waals surface area contributed by atoms with Gasteiger partial charge in [-0.3, -0.25) is 9.69 Å². The van der Waals surface area contributed by atoms with Crippen LogP contribution in [0.4, 0.5) is 14.5 Å². The van der Waals surface area contributed by atoms with Gasteiger partial charge in [-0.05, 0) is 38.6 Å². The highest BCUT2D eigenvalue weighted by atomic mass is 19.2. The minimum Gasteiger partial charge on any atom is -0.325 e. The molecule has 1 aromatic carbocycles. The number of likely N-dealkylation sites (tertiary alicyclic amines) is 1. The van der Waals surface area contributed by atoms with Crippen LogP contribution in [0.15, 0.2) is 18.2 Å². The van der Waals surface area contributed by atoms with Crippen LogP contribution in [-0.2, 0) is 4.79 Å². The van der Waals surface area contributed by atoms with Crippen LogP contribution in [0.25, 0.3) is 0 Å². The van der Waals surface area contributed by atoms with E-state index in [-0.39, 0.29) is 18.1 Å². The van der Waals surface area contributed by atoms with Crippen molar-refractivity contribution in [2.45, 2.75) is 25.3 Å². The SMILES string of the molecule is CNCC1CCCCN1CC(=O)Nc1ccc(F)c(F)c1. The molecular formula is C15H21F2N3O. The molecule has 0 spiro atoms. The van der Waals surface area contributed by atoms with Crippen LogP contribution < -0.4 is 10.6 Å². The molecule has 0 saturated carbocycles. The fourth-order valence-electron chi connectivity index (χ4n) is 2.69. The molecule has 1 fully saturated rings. The van der Waals surface area contributed by atoms with Gasteiger partial charge in [-0.1, -0.05) is 6.42 Å². The van der Waals surface area contributed by atoms with Gasteiger partial charge in [0.1, 0.15) is 0 Å². The molecule has 1 heterocycles. The maximum Gasteiger partial charge on any atom is 0.238 e. The molecule has 0 aromatic heterocycles. The quantitative estimate of drug-likeness (QED) is 0.873. The summed E-state index contributed by atoms with van der Waals surface area (Å²) in [7, 11) is 1.90. The number of benzene rings is 1. The molecule has 1 aliphatic heterocycles. The van der Waals surface area contributed by atoms with Crippen molar-refractivity contribution < 1.29 is 13.6 Å². The summed E-state index contributed by atoms with van der Waals surface area (Å²) in [5, 5.41) is 5.75. The fourth-order valence-corrected chi connectivity index (χ4v) is 2.69. The Balaban J connectivity index is 1.92. The lowest BCUT2D eigenvalue weighted by Crippen LogP contribution is -2.47. The van der Waals surface area contributed by atoms with Gasteiger partial charge in [-0.15, -0.1) is 0 Å². The van der Waals surface area contributed by atoms with Crippen molar-refractivity contribution in [1.82, 2.24) is 10.2 Å². The molecule has 6 heteroatoms. The Bertz CT molecular complexity index is 494. The number of carbonyl (C=O) groups is 1. The second-order valence-corrected chi connectivity index (χ2v) is 5.35. The molecule has 1 aromatic rings. The van der Waals surface area contributed by atoms with Crippen molar-refractivity contribution in [1.29, 1.82) is 0 Å². The average molecular weight is 297 g/mol. The number of likely N-dealkylation sites (N-methyl/N-ethyl adjacent to an activating group) is 1. The van der Waals surface area contributed by atoms with E-state index >= 15 is 0 Å². The monoisotopic (exact) mass is 297 g/mol. The Hall–Kier alpha value is -1.53. The van der Waals surface area contributed by atoms with Crippen LogP contribution in [0.3, 0.4) is 0 Å². The van der Waals surface area contributed by atoms with Gasteiger partial charge in [0.15, 0.2) is 11.6 Å². The Morgan fingerprint density at radius 3 is 2.86 bits per heavy atom. The first-order chi connectivity index (χ1) is 10.1. The summed E-state index contributed by atoms with van der Waals surface area (Å²) in [6.45, 7) is 2.00. The first-order valence-electron chi connectivity index (χ1n) is 7.23. The number of piperidine rings is 1. The van der Waals surface area contributed by atoms with Gasteiger partial charge in [-0.25, -0.2) is 8.78 Å². The second-order valence-electron chi connectivity index (χ2n) is 5.35. The first-order valence-corrected chi connectivity index (χ1v) is 7.23. The minimum atomic E-state index is -0.959. The van der Waals surface area contributed by atoms with Gasteiger partial charge in [0, 0.05) is 24.3 Å². The molecule has 0 radical (unpaired) electrons. The highest BCUT2D eigenvalue weighted by Crippen LogP contribution is 2.17. The van der Waals surface area contributed by atoms with Crippen LogP contribution in [0.1, 0.15) is 19.3 Å². The number of nitrogens with one attached hydrogen (secondary N) is 2. The van der Waals surface area contributed by atoms with Crippen LogP contribution >= 0.6 is 0 Å². The van der Waals surface area contributed by atoms with Gasteiger partial charge < -0.3 is 10.6 Å². The van der Waals surface area contributed by atoms with Gasteiger partial charge >= 0.3 is 0 Å². The molecule has 21 heavy (non-hydrogen) atoms. The van der Waals surface area contributed by atoms with Crippen LogP contribution in [0.5, 0.6) is 0 Å². The average Bonchev–Trinajstić information content (AvgIpc) is 2.45. The summed E-state index contributed by atoms with van der Waals surface area (Å²) < 4.78 is 25.9. The van der Waals surface area contributed by atoms with E-state index in [0.29, 0.717) is 6.04 Å². The van der Waals surface area contributed by atoms with Gasteiger partial charge in [0.2, 0.25) is 5.91 Å². The normalized spacial score (nSPS) is 19.5. The van der Waals surface area contributed by atoms with Crippen LogP contribution in [0, 0.1) is 11.6 Å². The summed E-state index contributed by atoms with van der Waals surface area (Å²) in [4.78, 5) is 14.2. The Kier molecular flexibility index (Phi) is 5.64. The third-order valence-corrected chi connectivity index (χ3v) is 3.74. The maximum atomic E-state index is 13.1. The largest absolute Gasteiger partial charge is 0.325 e. The van der Waals surface area contributed by atoms with Crippen molar-refractivity contribution in [3.63, 3.8) is 0 Å². The predicted molar refractivity (Wildman–Crippen MR) is 78.1 cm³/mol. The summed E-state index contributed by atoms with van der Waals surface area (Å²) in [6.07, 6.45) is 3.33. The molecule has 2 rings (SSSR count). The van der Waals surface area contributed by atoms with Gasteiger partial charge in [-0.2, -0.15) is 0 Å². The van der Waals surface area contributed by atoms with Crippen LogP contribution in [0.2, 0.25) is 0 Å². The van der Waals surface area contributed by atoms with E-state index < -0.39 is 11.6 Å². The number of nitrogens with zero attached hydrogens (tertiary/aromatic N) is 1. The van der Waals surface area contributed by atoms with E-state index in [4.69, 9.17) is 0 Å². The molecule has 116 valence electrons. The smallest absolute Gasteiger partial charge is 0.238 e. The lowest BCUT2D eigenvalue weighted by molar-refractivity contribution is -0.118. The number of amides is 1. The minimum absolute atomic E-state index is 0.205. The van der Waals surface area contributed by atoms with Crippen molar-refractivity contribution in [3.05, 3.63) is 29.8 Å². The third kappa shape index (κ3) is 4.47. The zero-order chi connectivity index (χ0) is 15.2. The standard InChI is InChI=1S/C15H21F2N3O/c1-18-9-12-4-2-3-7-20(12)10-15(21)19-11-5-6-13(16)14(17)8-11/h5-6,8,12,18H,2-4,7,9-10H2,1H3,(H,19,21). The number of carbonyl (C=O) groups excluding carboxylic acids is 1. The Labute approximate surface area is 123 Å². The number of hydrogen-bond donors (Lipinski definition) is 2. The second kappa shape index (κ2) is 7.47. The molecular weight excluding hydrogens is 276 g/mol. The predicted octanol–water partition coefficient (Wildman–Crippen LogP) is 1.98. The summed E-state index contributed by atoms with van der Waals surface area (Å²) in [5.41, 5.74) is 0.279. The topological polar surface area (TPSA) is 44.4 Å². The number of rotatable bonds is 5. The van der Waals surface area contributed by atoms with Gasteiger partial charge in [0.25, 0.3) is 0 Å². The number of anilines is 1. The number of hydrogen-bond acceptors (Lipinski definition) is 3. The van der Waals surface area contributed by atoms with E-state index in [9.17, 15) is 13.6 Å². The van der Waals surface area contributed by atoms with E-state index in [1.54, 1.807) is 0 Å². The van der Waals surface area contributed by atoms with Crippen LogP contribution in [-0.4, -0.2) is 43.5 Å². The highest BCUT2D eigenvalue weighted by Gasteiger charge is 2.23. The molecule has 0 aliphatic carbocycles. The molecule has 1 atom stereocenters. The molecule has 4 nitrogen and oxygen atoms in total. The van der Waals surface area contributed by atoms with E-state index in [1.807, 2.05) is 7.05 Å². The summed E-state index contributed by atoms with van der Waals surface area (Å²) in [6, 6.07) is 3.71. The van der Waals surface area contributed by atoms with E-state index in [2.05, 4.69) is 15.5 Å². The molecule has 1 unspecified atom stereocenters. The molecule has 1 aliphatic rings.